The molecule has 154 valence electrons. The number of aryl methyl sites for hydroxylation is 1. The van der Waals surface area contributed by atoms with Crippen LogP contribution in [0.1, 0.15) is 45.7 Å². The van der Waals surface area contributed by atoms with Gasteiger partial charge in [0, 0.05) is 36.1 Å². The average Bonchev–Trinajstić information content (AvgIpc) is 3.44. The van der Waals surface area contributed by atoms with Crippen molar-refractivity contribution < 1.29 is 0 Å². The monoisotopic (exact) mass is 430 g/mol. The van der Waals surface area contributed by atoms with Crippen LogP contribution in [0.25, 0.3) is 16.9 Å². The molecule has 0 spiro atoms. The van der Waals surface area contributed by atoms with Gasteiger partial charge in [-0.15, -0.1) is 0 Å². The first kappa shape index (κ1) is 20.5. The predicted molar refractivity (Wildman–Crippen MR) is 122 cm³/mol. The molecule has 1 aliphatic rings. The Balaban J connectivity index is 1.85. The van der Waals surface area contributed by atoms with Crippen LogP contribution in [0.15, 0.2) is 30.6 Å². The molecule has 6 heteroatoms. The highest BCUT2D eigenvalue weighted by molar-refractivity contribution is 6.36. The summed E-state index contributed by atoms with van der Waals surface area (Å²) in [6, 6.07) is 5.53. The fourth-order valence-electron chi connectivity index (χ4n) is 3.82. The molecule has 0 bridgehead atoms. The van der Waals surface area contributed by atoms with Gasteiger partial charge in [-0.3, -0.25) is 9.38 Å². The minimum atomic E-state index is 0.593. The molecule has 4 rings (SSSR count). The number of imidazole rings is 1. The molecule has 0 amide bonds. The molecule has 0 N–H and O–H groups in total. The maximum absolute atomic E-state index is 6.50. The molecule has 1 unspecified atom stereocenters. The van der Waals surface area contributed by atoms with E-state index in [9.17, 15) is 0 Å². The van der Waals surface area contributed by atoms with E-state index in [1.54, 1.807) is 6.07 Å². The van der Waals surface area contributed by atoms with E-state index < -0.39 is 0 Å². The van der Waals surface area contributed by atoms with Crippen LogP contribution in [-0.2, 0) is 6.42 Å². The predicted octanol–water partition coefficient (Wildman–Crippen LogP) is 6.53. The van der Waals surface area contributed by atoms with E-state index in [0.29, 0.717) is 16.0 Å². The van der Waals surface area contributed by atoms with Crippen molar-refractivity contribution in [1.29, 1.82) is 0 Å². The van der Waals surface area contributed by atoms with Crippen molar-refractivity contribution in [2.75, 3.05) is 18.0 Å². The highest BCUT2D eigenvalue weighted by atomic mass is 35.5. The van der Waals surface area contributed by atoms with Crippen molar-refractivity contribution in [3.8, 4) is 11.3 Å². The third-order valence-corrected chi connectivity index (χ3v) is 6.36. The van der Waals surface area contributed by atoms with Gasteiger partial charge in [0.2, 0.25) is 0 Å². The summed E-state index contributed by atoms with van der Waals surface area (Å²) in [6.07, 6.45) is 8.60. The van der Waals surface area contributed by atoms with Gasteiger partial charge >= 0.3 is 0 Å². The molecule has 29 heavy (non-hydrogen) atoms. The van der Waals surface area contributed by atoms with E-state index in [1.165, 1.54) is 25.1 Å². The SMILES string of the molecule is CCc1nc2c(-c3ccc(Cl)cc3Cl)nccn2c1N(CC(C)CC)CC1CC1. The summed E-state index contributed by atoms with van der Waals surface area (Å²) in [5, 5.41) is 1.21. The number of anilines is 1. The molecule has 0 aliphatic heterocycles. The molecule has 2 aromatic heterocycles. The zero-order chi connectivity index (χ0) is 20.5. The van der Waals surface area contributed by atoms with E-state index in [4.69, 9.17) is 28.2 Å². The summed E-state index contributed by atoms with van der Waals surface area (Å²) in [6.45, 7) is 8.92. The number of hydrogen-bond donors (Lipinski definition) is 0. The fourth-order valence-corrected chi connectivity index (χ4v) is 4.32. The lowest BCUT2D eigenvalue weighted by Gasteiger charge is -2.28. The third kappa shape index (κ3) is 4.24. The second-order valence-electron chi connectivity index (χ2n) is 8.19. The first-order valence-corrected chi connectivity index (χ1v) is 11.3. The number of halogens is 2. The second-order valence-corrected chi connectivity index (χ2v) is 9.03. The quantitative estimate of drug-likeness (QED) is 0.407. The van der Waals surface area contributed by atoms with E-state index in [1.807, 2.05) is 24.5 Å². The molecular weight excluding hydrogens is 403 g/mol. The standard InChI is InChI=1S/C23H28Cl2N4/c1-4-15(3)13-28(14-16-6-7-16)23-20(5-2)27-22-21(26-10-11-29(22)23)18-9-8-17(24)12-19(18)25/h8-12,15-16H,4-7,13-14H2,1-3H3. The lowest BCUT2D eigenvalue weighted by atomic mass is 10.1. The maximum Gasteiger partial charge on any atom is 0.165 e. The van der Waals surface area contributed by atoms with Crippen molar-refractivity contribution in [2.45, 2.75) is 46.5 Å². The summed E-state index contributed by atoms with van der Waals surface area (Å²) >= 11 is 12.6. The van der Waals surface area contributed by atoms with E-state index in [-0.39, 0.29) is 0 Å². The molecule has 1 fully saturated rings. The van der Waals surface area contributed by atoms with Gasteiger partial charge in [-0.25, -0.2) is 4.98 Å². The molecule has 1 aliphatic carbocycles. The fraction of sp³-hybridized carbons (Fsp3) is 0.478. The molecule has 2 heterocycles. The number of aromatic nitrogens is 3. The van der Waals surface area contributed by atoms with Gasteiger partial charge in [0.15, 0.2) is 5.65 Å². The third-order valence-electron chi connectivity index (χ3n) is 5.81. The molecule has 1 saturated carbocycles. The summed E-state index contributed by atoms with van der Waals surface area (Å²) < 4.78 is 2.21. The molecule has 0 radical (unpaired) electrons. The molecule has 4 nitrogen and oxygen atoms in total. The van der Waals surface area contributed by atoms with Crippen LogP contribution < -0.4 is 4.90 Å². The van der Waals surface area contributed by atoms with Crippen molar-refractivity contribution in [1.82, 2.24) is 14.4 Å². The minimum absolute atomic E-state index is 0.593. The molecule has 3 aromatic rings. The summed E-state index contributed by atoms with van der Waals surface area (Å²) in [4.78, 5) is 12.2. The van der Waals surface area contributed by atoms with Gasteiger partial charge in [-0.05, 0) is 49.3 Å². The van der Waals surface area contributed by atoms with Crippen LogP contribution in [0.4, 0.5) is 5.82 Å². The highest BCUT2D eigenvalue weighted by Crippen LogP contribution is 2.36. The number of fused-ring (bicyclic) bond motifs is 1. The van der Waals surface area contributed by atoms with Crippen molar-refractivity contribution in [2.24, 2.45) is 11.8 Å². The van der Waals surface area contributed by atoms with Gasteiger partial charge in [-0.2, -0.15) is 0 Å². The lowest BCUT2D eigenvalue weighted by molar-refractivity contribution is 0.530. The van der Waals surface area contributed by atoms with Gasteiger partial charge in [0.05, 0.1) is 10.7 Å². The molecule has 0 saturated heterocycles. The van der Waals surface area contributed by atoms with Crippen molar-refractivity contribution in [3.63, 3.8) is 0 Å². The number of benzene rings is 1. The normalized spacial score (nSPS) is 15.1. The smallest absolute Gasteiger partial charge is 0.165 e. The van der Waals surface area contributed by atoms with Crippen molar-refractivity contribution >= 4 is 34.7 Å². The van der Waals surface area contributed by atoms with E-state index in [2.05, 4.69) is 35.1 Å². The van der Waals surface area contributed by atoms with Crippen LogP contribution in [-0.4, -0.2) is 27.5 Å². The first-order valence-electron chi connectivity index (χ1n) is 10.6. The Labute approximate surface area is 182 Å². The number of rotatable bonds is 8. The Kier molecular flexibility index (Phi) is 6.03. The summed E-state index contributed by atoms with van der Waals surface area (Å²) in [7, 11) is 0. The van der Waals surface area contributed by atoms with E-state index in [0.717, 1.165) is 48.0 Å². The topological polar surface area (TPSA) is 33.4 Å². The molecular formula is C23H28Cl2N4. The Morgan fingerprint density at radius 1 is 1.24 bits per heavy atom. The Morgan fingerprint density at radius 2 is 2.03 bits per heavy atom. The van der Waals surface area contributed by atoms with Gasteiger partial charge in [0.25, 0.3) is 0 Å². The Bertz CT molecular complexity index is 1010. The van der Waals surface area contributed by atoms with Crippen LogP contribution in [0.3, 0.4) is 0 Å². The number of hydrogen-bond acceptors (Lipinski definition) is 3. The molecule has 1 aromatic carbocycles. The van der Waals surface area contributed by atoms with Crippen LogP contribution in [0.2, 0.25) is 10.0 Å². The van der Waals surface area contributed by atoms with Gasteiger partial charge in [-0.1, -0.05) is 50.4 Å². The lowest BCUT2D eigenvalue weighted by Crippen LogP contribution is -2.32. The number of nitrogens with zero attached hydrogens (tertiary/aromatic N) is 4. The van der Waals surface area contributed by atoms with Gasteiger partial charge < -0.3 is 4.90 Å². The zero-order valence-corrected chi connectivity index (χ0v) is 18.8. The van der Waals surface area contributed by atoms with Gasteiger partial charge in [0.1, 0.15) is 11.5 Å². The van der Waals surface area contributed by atoms with Crippen LogP contribution >= 0.6 is 23.2 Å². The van der Waals surface area contributed by atoms with Crippen molar-refractivity contribution in [3.05, 3.63) is 46.3 Å². The van der Waals surface area contributed by atoms with E-state index >= 15 is 0 Å². The second kappa shape index (κ2) is 8.53. The molecule has 1 atom stereocenters. The Morgan fingerprint density at radius 3 is 2.69 bits per heavy atom. The zero-order valence-electron chi connectivity index (χ0n) is 17.3. The average molecular weight is 431 g/mol. The van der Waals surface area contributed by atoms with Crippen LogP contribution in [0, 0.1) is 11.8 Å². The summed E-state index contributed by atoms with van der Waals surface area (Å²) in [5.41, 5.74) is 3.63. The summed E-state index contributed by atoms with van der Waals surface area (Å²) in [5.74, 6) is 2.65. The largest absolute Gasteiger partial charge is 0.356 e. The Hall–Kier alpha value is -1.78. The minimum Gasteiger partial charge on any atom is -0.356 e. The highest BCUT2D eigenvalue weighted by Gasteiger charge is 2.28. The first-order chi connectivity index (χ1) is 14.0. The van der Waals surface area contributed by atoms with Crippen LogP contribution in [0.5, 0.6) is 0 Å². The maximum atomic E-state index is 6.50.